The summed E-state index contributed by atoms with van der Waals surface area (Å²) < 4.78 is 32.9. The van der Waals surface area contributed by atoms with Gasteiger partial charge in [-0.05, 0) is 25.7 Å². The molecule has 2 unspecified atom stereocenters. The van der Waals surface area contributed by atoms with E-state index in [1.54, 1.807) is 0 Å². The molecule has 0 aromatic heterocycles. The van der Waals surface area contributed by atoms with Crippen molar-refractivity contribution in [1.29, 1.82) is 0 Å². The second-order valence-corrected chi connectivity index (χ2v) is 11.5. The smallest absolute Gasteiger partial charge is 0.747 e. The van der Waals surface area contributed by atoms with Crippen molar-refractivity contribution in [2.75, 3.05) is 12.3 Å². The van der Waals surface area contributed by atoms with E-state index in [1.807, 2.05) is 11.8 Å². The molecule has 36 heavy (non-hydrogen) atoms. The first-order valence-corrected chi connectivity index (χ1v) is 14.1. The first-order chi connectivity index (χ1) is 16.6. The van der Waals surface area contributed by atoms with Crippen molar-refractivity contribution in [2.45, 2.75) is 80.4 Å². The zero-order valence-corrected chi connectivity index (χ0v) is 23.7. The number of unbranched alkanes of at least 4 members (excludes halogenated alkanes) is 3. The molecule has 4 atom stereocenters. The maximum absolute atomic E-state index is 12.0. The fourth-order valence-corrected chi connectivity index (χ4v) is 6.45. The number of fused-ring (bicyclic) bond motifs is 1. The van der Waals surface area contributed by atoms with Gasteiger partial charge in [0, 0.05) is 30.4 Å². The number of hydrogen-bond acceptors (Lipinski definition) is 10. The van der Waals surface area contributed by atoms with E-state index in [4.69, 9.17) is 0 Å². The third kappa shape index (κ3) is 8.58. The largest absolute Gasteiger partial charge is 1.00 e. The topological polar surface area (TPSA) is 191 Å². The summed E-state index contributed by atoms with van der Waals surface area (Å²) in [6.07, 6.45) is 3.64. The Hall–Kier alpha value is -1.39. The van der Waals surface area contributed by atoms with E-state index in [-0.39, 0.29) is 65.1 Å². The Labute approximate surface area is 235 Å². The number of carbonyl (C=O) groups excluding carboxylic acids is 5. The predicted molar refractivity (Wildman–Crippen MR) is 121 cm³/mol. The summed E-state index contributed by atoms with van der Waals surface area (Å²) in [6.45, 7) is 0.444. The number of amides is 5. The molecule has 13 nitrogen and oxygen atoms in total. The minimum atomic E-state index is -5.01. The van der Waals surface area contributed by atoms with Gasteiger partial charge in [-0.3, -0.25) is 14.4 Å². The standard InChI is InChI=1S/C20H30N4O9S2.Na/c25-15(7-4-3-6-13-18-12(11-34-13)22-20(29)23-18)21-9-5-1-2-8-17(27)33-24-16(26)10-14(19(24)28)35(30,31)32;/h12-14,18H,1-11H2,(H,21,25)(H2,22,23,29)(H,30,31,32);/q;+1/p-1/t12-,13?,14?,18-;/m0./s1. The van der Waals surface area contributed by atoms with Gasteiger partial charge in [0.1, 0.15) is 15.4 Å². The van der Waals surface area contributed by atoms with E-state index >= 15 is 0 Å². The minimum Gasteiger partial charge on any atom is -0.747 e. The average molecular weight is 557 g/mol. The Balaban J connectivity index is 0.00000456. The molecule has 0 bridgehead atoms. The van der Waals surface area contributed by atoms with Gasteiger partial charge in [0.2, 0.25) is 5.91 Å². The van der Waals surface area contributed by atoms with Crippen LogP contribution >= 0.6 is 11.8 Å². The van der Waals surface area contributed by atoms with E-state index in [0.29, 0.717) is 37.5 Å². The first kappa shape index (κ1) is 30.8. The zero-order chi connectivity index (χ0) is 25.6. The van der Waals surface area contributed by atoms with Gasteiger partial charge >= 0.3 is 41.6 Å². The van der Waals surface area contributed by atoms with Crippen molar-refractivity contribution in [3.63, 3.8) is 0 Å². The van der Waals surface area contributed by atoms with Crippen LogP contribution in [0.3, 0.4) is 0 Å². The number of thioether (sulfide) groups is 1. The molecule has 3 aliphatic rings. The number of hydrogen-bond donors (Lipinski definition) is 3. The molecular weight excluding hydrogens is 527 g/mol. The van der Waals surface area contributed by atoms with Gasteiger partial charge in [0.15, 0.2) is 0 Å². The van der Waals surface area contributed by atoms with Crippen molar-refractivity contribution in [3.8, 4) is 0 Å². The molecule has 3 heterocycles. The summed E-state index contributed by atoms with van der Waals surface area (Å²) in [4.78, 5) is 63.2. The van der Waals surface area contributed by atoms with E-state index in [2.05, 4.69) is 20.8 Å². The summed E-state index contributed by atoms with van der Waals surface area (Å²) in [5.41, 5.74) is 0. The van der Waals surface area contributed by atoms with Crippen molar-refractivity contribution in [1.82, 2.24) is 21.0 Å². The second-order valence-electron chi connectivity index (χ2n) is 8.70. The monoisotopic (exact) mass is 556 g/mol. The van der Waals surface area contributed by atoms with E-state index < -0.39 is 39.6 Å². The molecule has 0 aliphatic carbocycles. The normalized spacial score (nSPS) is 25.1. The van der Waals surface area contributed by atoms with E-state index in [9.17, 15) is 36.9 Å². The molecule has 5 amide bonds. The summed E-state index contributed by atoms with van der Waals surface area (Å²) in [5.74, 6) is -2.43. The Morgan fingerprint density at radius 1 is 1.08 bits per heavy atom. The summed E-state index contributed by atoms with van der Waals surface area (Å²) >= 11 is 1.85. The summed E-state index contributed by atoms with van der Waals surface area (Å²) in [6, 6.07) is 0.258. The van der Waals surface area contributed by atoms with Crippen LogP contribution < -0.4 is 45.5 Å². The molecule has 0 saturated carbocycles. The third-order valence-corrected chi connectivity index (χ3v) is 8.64. The van der Waals surface area contributed by atoms with Gasteiger partial charge in [-0.1, -0.05) is 12.8 Å². The maximum Gasteiger partial charge on any atom is 1.00 e. The second kappa shape index (κ2) is 14.0. The molecule has 16 heteroatoms. The summed E-state index contributed by atoms with van der Waals surface area (Å²) in [7, 11) is -5.01. The van der Waals surface area contributed by atoms with E-state index in [0.717, 1.165) is 25.0 Å². The van der Waals surface area contributed by atoms with Gasteiger partial charge < -0.3 is 25.3 Å². The van der Waals surface area contributed by atoms with Crippen molar-refractivity contribution >= 4 is 51.6 Å². The van der Waals surface area contributed by atoms with Gasteiger partial charge in [-0.15, -0.1) is 5.06 Å². The number of nitrogens with one attached hydrogen (secondary N) is 3. The molecule has 0 aromatic rings. The fraction of sp³-hybridized carbons (Fsp3) is 0.750. The Kier molecular flexibility index (Phi) is 12.0. The van der Waals surface area contributed by atoms with Crippen LogP contribution in [0.4, 0.5) is 4.79 Å². The number of hydroxylamine groups is 2. The zero-order valence-electron chi connectivity index (χ0n) is 20.0. The molecule has 3 saturated heterocycles. The van der Waals surface area contributed by atoms with Crippen LogP contribution in [-0.2, 0) is 34.1 Å². The Morgan fingerprint density at radius 2 is 1.81 bits per heavy atom. The molecule has 3 aliphatic heterocycles. The molecule has 196 valence electrons. The molecule has 3 N–H and O–H groups in total. The quantitative estimate of drug-likeness (QED) is 0.0675. The Bertz CT molecular complexity index is 965. The molecule has 3 rings (SSSR count). The molecule has 0 spiro atoms. The van der Waals surface area contributed by atoms with Crippen molar-refractivity contribution < 1.29 is 71.3 Å². The summed E-state index contributed by atoms with van der Waals surface area (Å²) in [5, 5.41) is 7.03. The molecule has 3 fully saturated rings. The van der Waals surface area contributed by atoms with Crippen LogP contribution in [-0.4, -0.2) is 82.6 Å². The van der Waals surface area contributed by atoms with Gasteiger partial charge in [0.05, 0.1) is 18.5 Å². The number of rotatable bonds is 13. The van der Waals surface area contributed by atoms with Gasteiger partial charge in [-0.2, -0.15) is 11.8 Å². The predicted octanol–water partition coefficient (Wildman–Crippen LogP) is -3.48. The van der Waals surface area contributed by atoms with Crippen molar-refractivity contribution in [3.05, 3.63) is 0 Å². The van der Waals surface area contributed by atoms with Gasteiger partial charge in [0.25, 0.3) is 11.8 Å². The average Bonchev–Trinajstić information content (AvgIpc) is 3.41. The van der Waals surface area contributed by atoms with Crippen LogP contribution in [0.1, 0.15) is 57.8 Å². The molecule has 0 aromatic carbocycles. The maximum atomic E-state index is 12.0. The van der Waals surface area contributed by atoms with Crippen LogP contribution in [0.2, 0.25) is 0 Å². The minimum absolute atomic E-state index is 0. The van der Waals surface area contributed by atoms with Crippen LogP contribution in [0.5, 0.6) is 0 Å². The van der Waals surface area contributed by atoms with Crippen LogP contribution in [0.15, 0.2) is 0 Å². The van der Waals surface area contributed by atoms with Crippen LogP contribution in [0, 0.1) is 0 Å². The van der Waals surface area contributed by atoms with Gasteiger partial charge in [-0.25, -0.2) is 18.0 Å². The molecular formula is C20H29N4NaO9S2. The fourth-order valence-electron chi connectivity index (χ4n) is 4.21. The number of imide groups is 1. The SMILES string of the molecule is O=C(CCCCC1SC[C@@H]2NC(=O)N[C@H]12)NCCCCCC(=O)ON1C(=O)CC(S(=O)(=O)[O-])C1=O.[Na+]. The third-order valence-electron chi connectivity index (χ3n) is 6.06. The number of urea groups is 1. The number of carbonyl (C=O) groups is 5. The van der Waals surface area contributed by atoms with Crippen molar-refractivity contribution in [2.24, 2.45) is 0 Å². The van der Waals surface area contributed by atoms with Crippen LogP contribution in [0.25, 0.3) is 0 Å². The Morgan fingerprint density at radius 3 is 2.50 bits per heavy atom. The van der Waals surface area contributed by atoms with E-state index in [1.165, 1.54) is 0 Å². The molecule has 0 radical (unpaired) electrons. The number of nitrogens with zero attached hydrogens (tertiary/aromatic N) is 1. The first-order valence-electron chi connectivity index (χ1n) is 11.5.